The Bertz CT molecular complexity index is 816. The monoisotopic (exact) mass is 368 g/mol. The zero-order valence-electron chi connectivity index (χ0n) is 14.9. The van der Waals surface area contributed by atoms with Gasteiger partial charge in [0.2, 0.25) is 5.91 Å². The topological polar surface area (TPSA) is 49.3 Å². The number of thiophene rings is 1. The summed E-state index contributed by atoms with van der Waals surface area (Å²) in [6, 6.07) is 4.32. The predicted molar refractivity (Wildman–Crippen MR) is 102 cm³/mol. The largest absolute Gasteiger partial charge is 0.356 e. The predicted octanol–water partition coefficient (Wildman–Crippen LogP) is 3.22. The first-order chi connectivity index (χ1) is 12.8. The van der Waals surface area contributed by atoms with Crippen molar-refractivity contribution in [2.75, 3.05) is 24.5 Å². The maximum absolute atomic E-state index is 13.0. The molecule has 3 aliphatic rings. The molecule has 2 aromatic rings. The number of carbonyl (C=O) groups is 1. The fourth-order valence-electron chi connectivity index (χ4n) is 4.33. The van der Waals surface area contributed by atoms with Gasteiger partial charge in [0.25, 0.3) is 0 Å². The molecule has 136 valence electrons. The molecule has 2 fully saturated rings. The summed E-state index contributed by atoms with van der Waals surface area (Å²) in [5, 5.41) is 2.14. The van der Waals surface area contributed by atoms with E-state index in [0.29, 0.717) is 11.8 Å². The third-order valence-corrected chi connectivity index (χ3v) is 7.20. The van der Waals surface area contributed by atoms with Crippen LogP contribution < -0.4 is 4.90 Å². The molecule has 0 radical (unpaired) electrons. The Morgan fingerprint density at radius 3 is 2.96 bits per heavy atom. The third-order valence-electron chi connectivity index (χ3n) is 6.18. The molecule has 2 aromatic heterocycles. The summed E-state index contributed by atoms with van der Waals surface area (Å²) < 4.78 is 0. The maximum atomic E-state index is 13.0. The van der Waals surface area contributed by atoms with Crippen molar-refractivity contribution in [1.29, 1.82) is 0 Å². The Hall–Kier alpha value is -1.95. The Kier molecular flexibility index (Phi) is 4.15. The fraction of sp³-hybridized carbons (Fsp3) is 0.550. The molecule has 5 nitrogen and oxygen atoms in total. The smallest absolute Gasteiger partial charge is 0.227 e. The minimum absolute atomic E-state index is 0.0947. The average molecular weight is 369 g/mol. The number of aromatic nitrogens is 2. The van der Waals surface area contributed by atoms with Crippen LogP contribution in [0.4, 0.5) is 5.82 Å². The number of hydrogen-bond donors (Lipinski definition) is 0. The van der Waals surface area contributed by atoms with E-state index in [1.165, 1.54) is 35.4 Å². The van der Waals surface area contributed by atoms with E-state index in [2.05, 4.69) is 37.3 Å². The highest BCUT2D eigenvalue weighted by molar-refractivity contribution is 7.10. The average Bonchev–Trinajstić information content (AvgIpc) is 3.29. The second-order valence-electron chi connectivity index (χ2n) is 7.74. The molecule has 1 aliphatic carbocycles. The van der Waals surface area contributed by atoms with E-state index < -0.39 is 0 Å². The first-order valence-corrected chi connectivity index (χ1v) is 10.6. The van der Waals surface area contributed by atoms with Gasteiger partial charge < -0.3 is 9.80 Å². The van der Waals surface area contributed by atoms with Gasteiger partial charge >= 0.3 is 0 Å². The standard InChI is InChI=1S/C20H24N4OS/c25-20(24-8-5-18-15(11-24)6-9-26-18)16-4-7-23(12-16)19-10-17(21-13-22-19)14-2-1-3-14/h6,9-10,13-14,16H,1-5,7-8,11-12H2. The number of amides is 1. The van der Waals surface area contributed by atoms with Crippen LogP contribution in [0.1, 0.15) is 47.7 Å². The van der Waals surface area contributed by atoms with Crippen LogP contribution >= 0.6 is 11.3 Å². The van der Waals surface area contributed by atoms with E-state index in [0.717, 1.165) is 44.8 Å². The molecule has 4 heterocycles. The van der Waals surface area contributed by atoms with Crippen molar-refractivity contribution in [1.82, 2.24) is 14.9 Å². The van der Waals surface area contributed by atoms with Gasteiger partial charge in [0.1, 0.15) is 12.1 Å². The van der Waals surface area contributed by atoms with E-state index in [1.807, 2.05) is 11.3 Å². The minimum atomic E-state index is 0.0947. The van der Waals surface area contributed by atoms with E-state index >= 15 is 0 Å². The summed E-state index contributed by atoms with van der Waals surface area (Å²) in [6.07, 6.45) is 7.43. The molecule has 26 heavy (non-hydrogen) atoms. The van der Waals surface area contributed by atoms with Gasteiger partial charge in [-0.05, 0) is 42.7 Å². The van der Waals surface area contributed by atoms with Crippen molar-refractivity contribution >= 4 is 23.1 Å². The second kappa shape index (κ2) is 6.65. The molecule has 6 heteroatoms. The minimum Gasteiger partial charge on any atom is -0.356 e. The highest BCUT2D eigenvalue weighted by atomic mass is 32.1. The van der Waals surface area contributed by atoms with Crippen molar-refractivity contribution in [2.45, 2.75) is 44.6 Å². The quantitative estimate of drug-likeness (QED) is 0.835. The summed E-state index contributed by atoms with van der Waals surface area (Å²) in [5.41, 5.74) is 2.52. The van der Waals surface area contributed by atoms with E-state index in [-0.39, 0.29) is 5.92 Å². The third kappa shape index (κ3) is 2.90. The van der Waals surface area contributed by atoms with Crippen LogP contribution in [0.3, 0.4) is 0 Å². The lowest BCUT2D eigenvalue weighted by atomic mass is 9.83. The van der Waals surface area contributed by atoms with Crippen LogP contribution in [-0.4, -0.2) is 40.4 Å². The number of hydrogen-bond acceptors (Lipinski definition) is 5. The molecule has 1 saturated heterocycles. The number of rotatable bonds is 3. The van der Waals surface area contributed by atoms with Gasteiger partial charge in [-0.25, -0.2) is 9.97 Å². The Morgan fingerprint density at radius 1 is 1.19 bits per heavy atom. The molecule has 0 aromatic carbocycles. The molecule has 0 N–H and O–H groups in total. The zero-order chi connectivity index (χ0) is 17.5. The van der Waals surface area contributed by atoms with Crippen molar-refractivity contribution in [3.63, 3.8) is 0 Å². The summed E-state index contributed by atoms with van der Waals surface area (Å²) in [7, 11) is 0. The number of anilines is 1. The summed E-state index contributed by atoms with van der Waals surface area (Å²) in [4.78, 5) is 27.7. The molecular formula is C20H24N4OS. The van der Waals surface area contributed by atoms with Gasteiger partial charge in [0.05, 0.1) is 5.92 Å². The molecule has 1 amide bonds. The SMILES string of the molecule is O=C(C1CCN(c2cc(C3CCC3)ncn2)C1)N1CCc2sccc2C1. The first-order valence-electron chi connectivity index (χ1n) is 9.69. The van der Waals surface area contributed by atoms with Crippen molar-refractivity contribution in [2.24, 2.45) is 5.92 Å². The van der Waals surface area contributed by atoms with Crippen LogP contribution in [0.15, 0.2) is 23.8 Å². The molecule has 1 unspecified atom stereocenters. The second-order valence-corrected chi connectivity index (χ2v) is 8.74. The van der Waals surface area contributed by atoms with Gasteiger partial charge in [0.15, 0.2) is 0 Å². The Morgan fingerprint density at radius 2 is 2.12 bits per heavy atom. The van der Waals surface area contributed by atoms with Crippen molar-refractivity contribution < 1.29 is 4.79 Å². The molecule has 1 saturated carbocycles. The lowest BCUT2D eigenvalue weighted by Crippen LogP contribution is -2.40. The molecule has 5 rings (SSSR count). The maximum Gasteiger partial charge on any atom is 0.227 e. The summed E-state index contributed by atoms with van der Waals surface area (Å²) >= 11 is 1.82. The van der Waals surface area contributed by atoms with Crippen molar-refractivity contribution in [3.8, 4) is 0 Å². The highest BCUT2D eigenvalue weighted by Gasteiger charge is 2.34. The number of nitrogens with zero attached hydrogens (tertiary/aromatic N) is 4. The van der Waals surface area contributed by atoms with Crippen molar-refractivity contribution in [3.05, 3.63) is 40.0 Å². The van der Waals surface area contributed by atoms with Crippen LogP contribution in [0.25, 0.3) is 0 Å². The van der Waals surface area contributed by atoms with Gasteiger partial charge in [-0.3, -0.25) is 4.79 Å². The first kappa shape index (κ1) is 16.2. The highest BCUT2D eigenvalue weighted by Crippen LogP contribution is 2.36. The van der Waals surface area contributed by atoms with Crippen LogP contribution in [0, 0.1) is 5.92 Å². The molecule has 2 aliphatic heterocycles. The fourth-order valence-corrected chi connectivity index (χ4v) is 5.22. The van der Waals surface area contributed by atoms with Gasteiger partial charge in [-0.1, -0.05) is 6.42 Å². The zero-order valence-corrected chi connectivity index (χ0v) is 15.7. The van der Waals surface area contributed by atoms with E-state index in [4.69, 9.17) is 0 Å². The van der Waals surface area contributed by atoms with Gasteiger partial charge in [0, 0.05) is 48.7 Å². The van der Waals surface area contributed by atoms with Crippen LogP contribution in [0.5, 0.6) is 0 Å². The van der Waals surface area contributed by atoms with Gasteiger partial charge in [-0.2, -0.15) is 0 Å². The normalized spacial score (nSPS) is 23.0. The van der Waals surface area contributed by atoms with Crippen LogP contribution in [0.2, 0.25) is 0 Å². The lowest BCUT2D eigenvalue weighted by molar-refractivity contribution is -0.135. The number of fused-ring (bicyclic) bond motifs is 1. The molecule has 0 bridgehead atoms. The Balaban J connectivity index is 1.25. The van der Waals surface area contributed by atoms with Gasteiger partial charge in [-0.15, -0.1) is 11.3 Å². The Labute approximate surface area is 158 Å². The van der Waals surface area contributed by atoms with E-state index in [1.54, 1.807) is 6.33 Å². The van der Waals surface area contributed by atoms with E-state index in [9.17, 15) is 4.79 Å². The molecular weight excluding hydrogens is 344 g/mol. The molecule has 1 atom stereocenters. The number of carbonyl (C=O) groups excluding carboxylic acids is 1. The summed E-state index contributed by atoms with van der Waals surface area (Å²) in [5.74, 6) is 2.02. The lowest BCUT2D eigenvalue weighted by Gasteiger charge is -2.29. The summed E-state index contributed by atoms with van der Waals surface area (Å²) in [6.45, 7) is 3.34. The van der Waals surface area contributed by atoms with Crippen LogP contribution in [-0.2, 0) is 17.8 Å². The molecule has 0 spiro atoms.